The number of hydrogen-bond donors (Lipinski definition) is 3. The highest BCUT2D eigenvalue weighted by Gasteiger charge is 2.28. The molecule has 0 aromatic carbocycles. The molecule has 0 aliphatic carbocycles. The van der Waals surface area contributed by atoms with Gasteiger partial charge in [-0.1, -0.05) is 0 Å². The van der Waals surface area contributed by atoms with Crippen molar-refractivity contribution < 1.29 is 38.9 Å². The number of aliphatic carboxylic acids is 3. The Morgan fingerprint density at radius 3 is 1.70 bits per heavy atom. The van der Waals surface area contributed by atoms with Gasteiger partial charge in [0.15, 0.2) is 0 Å². The molecule has 0 radical (unpaired) electrons. The predicted octanol–water partition coefficient (Wildman–Crippen LogP) is 2.13. The molecule has 2 atom stereocenters. The third kappa shape index (κ3) is 10.4. The highest BCUT2D eigenvalue weighted by atomic mass is 18.2. The van der Waals surface area contributed by atoms with Crippen LogP contribution in [0.15, 0.2) is 0 Å². The Bertz CT molecular complexity index is 453. The van der Waals surface area contributed by atoms with Crippen LogP contribution in [0.25, 0.3) is 0 Å². The summed E-state index contributed by atoms with van der Waals surface area (Å²) in [7, 11) is 0. The zero-order chi connectivity index (χ0) is 18.2. The first-order valence-corrected chi connectivity index (χ1v) is 7.30. The number of carboxylic acids is 3. The van der Waals surface area contributed by atoms with E-state index in [4.69, 9.17) is 15.3 Å². The second kappa shape index (κ2) is 9.22. The molecule has 0 aromatic rings. The molecule has 0 bridgehead atoms. The van der Waals surface area contributed by atoms with Crippen molar-refractivity contribution in [2.45, 2.75) is 58.0 Å². The van der Waals surface area contributed by atoms with E-state index < -0.39 is 47.6 Å². The molecule has 23 heavy (non-hydrogen) atoms. The summed E-state index contributed by atoms with van der Waals surface area (Å²) in [6, 6.07) is 0. The van der Waals surface area contributed by atoms with Crippen molar-refractivity contribution in [3.63, 3.8) is 0 Å². The van der Waals surface area contributed by atoms with Gasteiger partial charge in [0.2, 0.25) is 0 Å². The van der Waals surface area contributed by atoms with Crippen molar-refractivity contribution in [3.05, 3.63) is 0 Å². The minimum absolute atomic E-state index is 0.0291. The van der Waals surface area contributed by atoms with Crippen LogP contribution in [0.1, 0.15) is 52.4 Å². The highest BCUT2D eigenvalue weighted by Crippen LogP contribution is 2.23. The smallest absolute Gasteiger partial charge is 0.306 e. The molecule has 0 unspecified atom stereocenters. The first-order valence-electron chi connectivity index (χ1n) is 7.30. The molecule has 0 aliphatic rings. The van der Waals surface area contributed by atoms with E-state index in [-0.39, 0.29) is 32.1 Å². The van der Waals surface area contributed by atoms with Crippen LogP contribution >= 0.6 is 0 Å². The molecule has 132 valence electrons. The number of hydrogen-bond acceptors (Lipinski definition) is 4. The van der Waals surface area contributed by atoms with Gasteiger partial charge >= 0.3 is 17.9 Å². The van der Waals surface area contributed by atoms with Crippen molar-refractivity contribution in [1.82, 2.24) is 0 Å². The topological polar surface area (TPSA) is 129 Å². The van der Waals surface area contributed by atoms with E-state index in [1.165, 1.54) is 13.8 Å². The van der Waals surface area contributed by atoms with Gasteiger partial charge in [-0.3, -0.25) is 19.2 Å². The summed E-state index contributed by atoms with van der Waals surface area (Å²) in [5, 5.41) is 26.6. The maximum Gasteiger partial charge on any atom is 0.306 e. The molecule has 0 heterocycles. The highest BCUT2D eigenvalue weighted by molar-refractivity contribution is 5.87. The SMILES string of the molecule is CC(C)([18F])CC[C@H](CC(=O)C[C@@H](CCC(=O)O)C(=O)O)C(=O)O. The van der Waals surface area contributed by atoms with Gasteiger partial charge in [-0.25, -0.2) is 4.39 Å². The average molecular weight is 333 g/mol. The van der Waals surface area contributed by atoms with Gasteiger partial charge in [0.1, 0.15) is 11.5 Å². The standard InChI is InChI=1S/C15H23FO7/c1-15(2,16)6-5-10(14(22)23)8-11(17)7-9(13(20)21)3-4-12(18)19/h9-10H,3-8H2,1-2H3,(H,18,19)(H,20,21)(H,22,23)/t9-,10-/m1/s1/i16-1. The minimum atomic E-state index is -1.55. The molecule has 3 N–H and O–H groups in total. The lowest BCUT2D eigenvalue weighted by Crippen LogP contribution is -2.24. The molecule has 0 fully saturated rings. The van der Waals surface area contributed by atoms with Gasteiger partial charge in [-0.15, -0.1) is 0 Å². The van der Waals surface area contributed by atoms with Gasteiger partial charge in [-0.2, -0.15) is 0 Å². The quantitative estimate of drug-likeness (QED) is 0.499. The number of carbonyl (C=O) groups excluding carboxylic acids is 1. The van der Waals surface area contributed by atoms with Crippen LogP contribution in [0, 0.1) is 11.8 Å². The predicted molar refractivity (Wildman–Crippen MR) is 77.8 cm³/mol. The lowest BCUT2D eigenvalue weighted by molar-refractivity contribution is -0.146. The van der Waals surface area contributed by atoms with E-state index in [1.54, 1.807) is 0 Å². The molecule has 0 rings (SSSR count). The number of rotatable bonds is 12. The summed E-state index contributed by atoms with van der Waals surface area (Å²) in [6.07, 6.45) is -1.46. The van der Waals surface area contributed by atoms with Crippen LogP contribution in [-0.2, 0) is 19.2 Å². The van der Waals surface area contributed by atoms with Crippen LogP contribution in [0.2, 0.25) is 0 Å². The Labute approximate surface area is 133 Å². The van der Waals surface area contributed by atoms with Crippen LogP contribution in [0.4, 0.5) is 4.39 Å². The number of carboxylic acid groups (broad SMARTS) is 3. The molecule has 0 amide bonds. The Balaban J connectivity index is 4.62. The van der Waals surface area contributed by atoms with Crippen LogP contribution < -0.4 is 0 Å². The van der Waals surface area contributed by atoms with E-state index in [0.717, 1.165) is 0 Å². The Hall–Kier alpha value is -1.99. The van der Waals surface area contributed by atoms with Gasteiger partial charge in [0, 0.05) is 19.3 Å². The van der Waals surface area contributed by atoms with E-state index in [0.29, 0.717) is 0 Å². The monoisotopic (exact) mass is 333 g/mol. The molecule has 7 nitrogen and oxygen atoms in total. The Morgan fingerprint density at radius 2 is 1.35 bits per heavy atom. The Kier molecular flexibility index (Phi) is 8.42. The molecule has 0 spiro atoms. The minimum Gasteiger partial charge on any atom is -0.481 e. The number of Topliss-reactive ketones (excluding diaryl/α,β-unsaturated/α-hetero) is 1. The lowest BCUT2D eigenvalue weighted by atomic mass is 9.88. The van der Waals surface area contributed by atoms with E-state index in [2.05, 4.69) is 0 Å². The van der Waals surface area contributed by atoms with Crippen molar-refractivity contribution in [3.8, 4) is 0 Å². The Morgan fingerprint density at radius 1 is 0.913 bits per heavy atom. The van der Waals surface area contributed by atoms with Gasteiger partial charge < -0.3 is 15.3 Å². The first kappa shape index (κ1) is 21.0. The summed E-state index contributed by atoms with van der Waals surface area (Å²) in [5.41, 5.74) is -1.55. The summed E-state index contributed by atoms with van der Waals surface area (Å²) in [5.74, 6) is -6.52. The maximum absolute atomic E-state index is 13.4. The van der Waals surface area contributed by atoms with Gasteiger partial charge in [0.05, 0.1) is 11.8 Å². The molecule has 0 saturated heterocycles. The van der Waals surface area contributed by atoms with Crippen molar-refractivity contribution in [2.24, 2.45) is 11.8 Å². The molecular formula is C15H23FO7. The molecule has 0 aliphatic heterocycles. The largest absolute Gasteiger partial charge is 0.481 e. The van der Waals surface area contributed by atoms with Crippen molar-refractivity contribution in [2.75, 3.05) is 0 Å². The van der Waals surface area contributed by atoms with Crippen molar-refractivity contribution >= 4 is 23.7 Å². The zero-order valence-electron chi connectivity index (χ0n) is 13.2. The fourth-order valence-electron chi connectivity index (χ4n) is 2.07. The third-order valence-electron chi connectivity index (χ3n) is 3.44. The summed E-state index contributed by atoms with van der Waals surface area (Å²) < 4.78 is 13.4. The molecular weight excluding hydrogens is 310 g/mol. The zero-order valence-corrected chi connectivity index (χ0v) is 13.2. The molecule has 0 saturated carbocycles. The van der Waals surface area contributed by atoms with E-state index in [9.17, 15) is 23.6 Å². The summed E-state index contributed by atoms with van der Waals surface area (Å²) in [4.78, 5) is 44.5. The number of alkyl halides is 1. The molecule has 0 aromatic heterocycles. The average Bonchev–Trinajstić information content (AvgIpc) is 2.37. The normalized spacial score (nSPS) is 14.0. The van der Waals surface area contributed by atoms with Gasteiger partial charge in [0.25, 0.3) is 0 Å². The number of halogens is 1. The van der Waals surface area contributed by atoms with E-state index in [1.807, 2.05) is 0 Å². The summed E-state index contributed by atoms with van der Waals surface area (Å²) in [6.45, 7) is 2.61. The second-order valence-corrected chi connectivity index (χ2v) is 6.21. The second-order valence-electron chi connectivity index (χ2n) is 6.21. The third-order valence-corrected chi connectivity index (χ3v) is 3.44. The lowest BCUT2D eigenvalue weighted by Gasteiger charge is -2.18. The van der Waals surface area contributed by atoms with Crippen LogP contribution in [0.3, 0.4) is 0 Å². The van der Waals surface area contributed by atoms with Crippen LogP contribution in [0.5, 0.6) is 0 Å². The van der Waals surface area contributed by atoms with Crippen molar-refractivity contribution in [1.29, 1.82) is 0 Å². The number of carbonyl (C=O) groups is 4. The van der Waals surface area contributed by atoms with Crippen LogP contribution in [-0.4, -0.2) is 44.7 Å². The van der Waals surface area contributed by atoms with Gasteiger partial charge in [-0.05, 0) is 33.1 Å². The first-order chi connectivity index (χ1) is 10.4. The summed E-state index contributed by atoms with van der Waals surface area (Å²) >= 11 is 0. The molecule has 8 heteroatoms. The number of ketones is 1. The maximum atomic E-state index is 13.4. The fraction of sp³-hybridized carbons (Fsp3) is 0.733. The fourth-order valence-corrected chi connectivity index (χ4v) is 2.07. The van der Waals surface area contributed by atoms with E-state index >= 15 is 0 Å².